The fourth-order valence-electron chi connectivity index (χ4n) is 4.13. The molecule has 0 bridgehead atoms. The van der Waals surface area contributed by atoms with Crippen LogP contribution in [0.3, 0.4) is 0 Å². The van der Waals surface area contributed by atoms with E-state index in [1.165, 1.54) is 24.3 Å². The van der Waals surface area contributed by atoms with E-state index in [0.717, 1.165) is 21.8 Å². The Bertz CT molecular complexity index is 1410. The van der Waals surface area contributed by atoms with Crippen LogP contribution in [0.5, 0.6) is 5.75 Å². The van der Waals surface area contributed by atoms with Gasteiger partial charge in [-0.3, -0.25) is 14.5 Å². The molecule has 1 aromatic heterocycles. The van der Waals surface area contributed by atoms with Crippen molar-refractivity contribution in [3.05, 3.63) is 81.1 Å². The lowest BCUT2D eigenvalue weighted by Crippen LogP contribution is -2.29. The second-order valence-electron chi connectivity index (χ2n) is 8.27. The van der Waals surface area contributed by atoms with Crippen LogP contribution in [0.2, 0.25) is 0 Å². The lowest BCUT2D eigenvalue weighted by Gasteiger charge is -2.23. The van der Waals surface area contributed by atoms with Crippen LogP contribution in [-0.4, -0.2) is 41.0 Å². The molecule has 0 spiro atoms. The highest BCUT2D eigenvalue weighted by molar-refractivity contribution is 7.17. The van der Waals surface area contributed by atoms with Gasteiger partial charge in [0.2, 0.25) is 0 Å². The van der Waals surface area contributed by atoms with Crippen molar-refractivity contribution in [1.82, 2.24) is 4.98 Å². The monoisotopic (exact) mass is 524 g/mol. The van der Waals surface area contributed by atoms with Crippen molar-refractivity contribution in [2.75, 3.05) is 18.1 Å². The van der Waals surface area contributed by atoms with E-state index in [1.54, 1.807) is 39.0 Å². The second kappa shape index (κ2) is 10.5. The van der Waals surface area contributed by atoms with E-state index in [-0.39, 0.29) is 27.9 Å². The van der Waals surface area contributed by atoms with Gasteiger partial charge in [0.15, 0.2) is 5.13 Å². The average molecular weight is 525 g/mol. The molecule has 0 radical (unpaired) electrons. The van der Waals surface area contributed by atoms with Gasteiger partial charge >= 0.3 is 11.9 Å². The van der Waals surface area contributed by atoms with Crippen molar-refractivity contribution in [1.29, 1.82) is 0 Å². The molecule has 1 N–H and O–H groups in total. The average Bonchev–Trinajstić information content (AvgIpc) is 3.37. The molecule has 37 heavy (non-hydrogen) atoms. The Balaban J connectivity index is 1.89. The normalized spacial score (nSPS) is 16.8. The minimum Gasteiger partial charge on any atom is -0.507 e. The molecule has 3 aromatic rings. The van der Waals surface area contributed by atoms with Gasteiger partial charge in [0, 0.05) is 5.56 Å². The third-order valence-corrected chi connectivity index (χ3v) is 6.97. The van der Waals surface area contributed by atoms with Crippen molar-refractivity contribution < 1.29 is 33.4 Å². The van der Waals surface area contributed by atoms with Gasteiger partial charge in [-0.05, 0) is 69.2 Å². The molecule has 0 unspecified atom stereocenters. The number of ether oxygens (including phenoxy) is 2. The standard InChI is InChI=1S/C27H25FN2O6S/c1-5-35-19-12-9-17(13-14(19)3)22(31)20-21(16-7-10-18(28)11-8-16)30(25(33)23(20)32)27-29-15(4)24(37-27)26(34)36-6-2/h7-13,21,31H,5-6H2,1-4H3/t21-/m0/s1. The highest BCUT2D eigenvalue weighted by atomic mass is 32.1. The van der Waals surface area contributed by atoms with E-state index in [2.05, 4.69) is 4.98 Å². The van der Waals surface area contributed by atoms with Crippen molar-refractivity contribution in [3.63, 3.8) is 0 Å². The van der Waals surface area contributed by atoms with E-state index in [0.29, 0.717) is 29.2 Å². The van der Waals surface area contributed by atoms with Crippen LogP contribution in [0.1, 0.15) is 51.9 Å². The lowest BCUT2D eigenvalue weighted by atomic mass is 9.95. The van der Waals surface area contributed by atoms with Crippen LogP contribution < -0.4 is 9.64 Å². The summed E-state index contributed by atoms with van der Waals surface area (Å²) in [6.07, 6.45) is 0. The Morgan fingerprint density at radius 2 is 1.81 bits per heavy atom. The first kappa shape index (κ1) is 26.0. The first-order chi connectivity index (χ1) is 17.7. The molecule has 1 aliphatic heterocycles. The molecule has 4 rings (SSSR count). The predicted octanol–water partition coefficient (Wildman–Crippen LogP) is 5.10. The van der Waals surface area contributed by atoms with E-state index in [9.17, 15) is 23.9 Å². The van der Waals surface area contributed by atoms with Crippen LogP contribution in [0.4, 0.5) is 9.52 Å². The van der Waals surface area contributed by atoms with Crippen molar-refractivity contribution >= 4 is 39.9 Å². The summed E-state index contributed by atoms with van der Waals surface area (Å²) >= 11 is 0.904. The van der Waals surface area contributed by atoms with Gasteiger partial charge in [0.1, 0.15) is 22.2 Å². The van der Waals surface area contributed by atoms with Crippen LogP contribution >= 0.6 is 11.3 Å². The highest BCUT2D eigenvalue weighted by Gasteiger charge is 2.48. The topological polar surface area (TPSA) is 106 Å². The number of carbonyl (C=O) groups excluding carboxylic acids is 3. The van der Waals surface area contributed by atoms with E-state index in [1.807, 2.05) is 6.92 Å². The lowest BCUT2D eigenvalue weighted by molar-refractivity contribution is -0.132. The van der Waals surface area contributed by atoms with Crippen molar-refractivity contribution in [2.24, 2.45) is 0 Å². The summed E-state index contributed by atoms with van der Waals surface area (Å²) in [7, 11) is 0. The maximum absolute atomic E-state index is 13.7. The number of rotatable bonds is 7. The smallest absolute Gasteiger partial charge is 0.350 e. The second-order valence-corrected chi connectivity index (χ2v) is 9.24. The molecule has 2 aromatic carbocycles. The molecular weight excluding hydrogens is 499 g/mol. The SMILES string of the molecule is CCOC(=O)c1sc(N2C(=O)C(=O)C(=C(O)c3ccc(OCC)c(C)c3)[C@@H]2c2ccc(F)cc2)nc1C. The quantitative estimate of drug-likeness (QED) is 0.198. The number of hydrogen-bond acceptors (Lipinski definition) is 8. The Morgan fingerprint density at radius 3 is 2.43 bits per heavy atom. The first-order valence-electron chi connectivity index (χ1n) is 11.6. The molecule has 1 saturated heterocycles. The highest BCUT2D eigenvalue weighted by Crippen LogP contribution is 2.44. The number of thiazole rings is 1. The fraction of sp³-hybridized carbons (Fsp3) is 0.259. The molecule has 1 amide bonds. The number of nitrogens with zero attached hydrogens (tertiary/aromatic N) is 2. The number of esters is 1. The third kappa shape index (κ3) is 4.84. The zero-order chi connectivity index (χ0) is 26.9. The maximum atomic E-state index is 13.7. The largest absolute Gasteiger partial charge is 0.507 e. The Labute approximate surface area is 217 Å². The summed E-state index contributed by atoms with van der Waals surface area (Å²) < 4.78 is 24.4. The van der Waals surface area contributed by atoms with Crippen LogP contribution in [0.15, 0.2) is 48.0 Å². The Kier molecular flexibility index (Phi) is 7.40. The number of Topliss-reactive ketones (excluding diaryl/α,β-unsaturated/α-hetero) is 1. The number of amides is 1. The first-order valence-corrected chi connectivity index (χ1v) is 12.4. The number of aliphatic hydroxyl groups is 1. The molecule has 0 aliphatic carbocycles. The zero-order valence-electron chi connectivity index (χ0n) is 20.7. The van der Waals surface area contributed by atoms with Crippen LogP contribution in [-0.2, 0) is 14.3 Å². The number of benzene rings is 2. The molecule has 1 aliphatic rings. The fourth-order valence-corrected chi connectivity index (χ4v) is 5.12. The summed E-state index contributed by atoms with van der Waals surface area (Å²) in [5.74, 6) is -2.72. The van der Waals surface area contributed by atoms with Crippen LogP contribution in [0, 0.1) is 19.7 Å². The van der Waals surface area contributed by atoms with E-state index in [4.69, 9.17) is 9.47 Å². The molecule has 1 fully saturated rings. The minimum absolute atomic E-state index is 0.0823. The van der Waals surface area contributed by atoms with Gasteiger partial charge in [-0.25, -0.2) is 14.2 Å². The molecule has 0 saturated carbocycles. The zero-order valence-corrected chi connectivity index (χ0v) is 21.5. The maximum Gasteiger partial charge on any atom is 0.350 e. The number of aliphatic hydroxyl groups excluding tert-OH is 1. The van der Waals surface area contributed by atoms with Crippen molar-refractivity contribution in [3.8, 4) is 5.75 Å². The summed E-state index contributed by atoms with van der Waals surface area (Å²) in [6, 6.07) is 9.09. The summed E-state index contributed by atoms with van der Waals surface area (Å²) in [5.41, 5.74) is 1.59. The van der Waals surface area contributed by atoms with Gasteiger partial charge in [-0.15, -0.1) is 0 Å². The summed E-state index contributed by atoms with van der Waals surface area (Å²) in [5, 5.41) is 11.4. The number of aryl methyl sites for hydroxylation is 2. The number of hydrogen-bond donors (Lipinski definition) is 1. The van der Waals surface area contributed by atoms with E-state index >= 15 is 0 Å². The molecule has 8 nitrogen and oxygen atoms in total. The van der Waals surface area contributed by atoms with Gasteiger partial charge < -0.3 is 14.6 Å². The molecule has 2 heterocycles. The molecule has 10 heteroatoms. The minimum atomic E-state index is -1.10. The van der Waals surface area contributed by atoms with Crippen molar-refractivity contribution in [2.45, 2.75) is 33.7 Å². The summed E-state index contributed by atoms with van der Waals surface area (Å²) in [6.45, 7) is 7.54. The summed E-state index contributed by atoms with van der Waals surface area (Å²) in [4.78, 5) is 44.7. The van der Waals surface area contributed by atoms with Gasteiger partial charge in [-0.2, -0.15) is 0 Å². The van der Waals surface area contributed by atoms with Gasteiger partial charge in [-0.1, -0.05) is 23.5 Å². The van der Waals surface area contributed by atoms with Gasteiger partial charge in [0.05, 0.1) is 30.5 Å². The number of aromatic nitrogens is 1. The Hall–Kier alpha value is -4.05. The predicted molar refractivity (Wildman–Crippen MR) is 136 cm³/mol. The molecule has 1 atom stereocenters. The number of halogens is 1. The number of carbonyl (C=O) groups is 3. The van der Waals surface area contributed by atoms with E-state index < -0.39 is 29.5 Å². The number of anilines is 1. The molecule has 192 valence electrons. The number of ketones is 1. The van der Waals surface area contributed by atoms with Crippen LogP contribution in [0.25, 0.3) is 5.76 Å². The molecular formula is C27H25FN2O6S. The van der Waals surface area contributed by atoms with Gasteiger partial charge in [0.25, 0.3) is 5.78 Å². The third-order valence-electron chi connectivity index (χ3n) is 5.83. The Morgan fingerprint density at radius 1 is 1.11 bits per heavy atom.